The first-order valence-electron chi connectivity index (χ1n) is 11.3. The number of anilines is 1. The lowest BCUT2D eigenvalue weighted by Gasteiger charge is -2.35. The molecule has 5 rings (SSSR count). The second-order valence-corrected chi connectivity index (χ2v) is 8.62. The molecule has 0 spiro atoms. The Labute approximate surface area is 204 Å². The van der Waals surface area contributed by atoms with E-state index in [0.29, 0.717) is 54.3 Å². The van der Waals surface area contributed by atoms with Gasteiger partial charge in [0.05, 0.1) is 23.2 Å². The van der Waals surface area contributed by atoms with Gasteiger partial charge in [0.25, 0.3) is 17.7 Å². The fraction of sp³-hybridized carbons (Fsp3) is 0.231. The van der Waals surface area contributed by atoms with Gasteiger partial charge in [-0.1, -0.05) is 24.3 Å². The van der Waals surface area contributed by atoms with Gasteiger partial charge in [0.1, 0.15) is 5.82 Å². The third-order valence-electron chi connectivity index (χ3n) is 6.36. The van der Waals surface area contributed by atoms with Crippen LogP contribution in [0.4, 0.5) is 19.0 Å². The van der Waals surface area contributed by atoms with E-state index in [-0.39, 0.29) is 24.3 Å². The van der Waals surface area contributed by atoms with Crippen molar-refractivity contribution in [2.75, 3.05) is 31.1 Å². The van der Waals surface area contributed by atoms with Gasteiger partial charge in [0.2, 0.25) is 0 Å². The van der Waals surface area contributed by atoms with Gasteiger partial charge in [0, 0.05) is 37.9 Å². The second-order valence-electron chi connectivity index (χ2n) is 8.62. The Balaban J connectivity index is 1.22. The summed E-state index contributed by atoms with van der Waals surface area (Å²) in [6.07, 6.45) is -3.63. The molecule has 3 aromatic rings. The van der Waals surface area contributed by atoms with Crippen molar-refractivity contribution < 1.29 is 27.6 Å². The summed E-state index contributed by atoms with van der Waals surface area (Å²) >= 11 is 0. The Bertz CT molecular complexity index is 1300. The van der Waals surface area contributed by atoms with Crippen LogP contribution in [0.1, 0.15) is 42.2 Å². The summed E-state index contributed by atoms with van der Waals surface area (Å²) in [7, 11) is 0. The fourth-order valence-corrected chi connectivity index (χ4v) is 4.43. The highest BCUT2D eigenvalue weighted by Crippen LogP contribution is 2.29. The van der Waals surface area contributed by atoms with E-state index in [1.165, 1.54) is 11.0 Å². The number of hydrogen-bond donors (Lipinski definition) is 0. The number of aromatic nitrogens is 1. The molecule has 1 fully saturated rings. The summed E-state index contributed by atoms with van der Waals surface area (Å²) in [5.74, 6) is -0.488. The van der Waals surface area contributed by atoms with Crippen LogP contribution in [-0.4, -0.2) is 58.7 Å². The number of rotatable bonds is 4. The van der Waals surface area contributed by atoms with E-state index >= 15 is 0 Å². The number of alkyl halides is 3. The Morgan fingerprint density at radius 2 is 1.53 bits per heavy atom. The molecule has 2 aromatic carbocycles. The highest BCUT2D eigenvalue weighted by molar-refractivity contribution is 6.21. The lowest BCUT2D eigenvalue weighted by atomic mass is 10.1. The topological polar surface area (TPSA) is 73.8 Å². The van der Waals surface area contributed by atoms with Crippen molar-refractivity contribution in [3.8, 4) is 0 Å². The Morgan fingerprint density at radius 1 is 0.861 bits per heavy atom. The first-order chi connectivity index (χ1) is 17.2. The second kappa shape index (κ2) is 9.10. The van der Waals surface area contributed by atoms with E-state index in [0.717, 1.165) is 12.3 Å². The molecule has 0 radical (unpaired) electrons. The van der Waals surface area contributed by atoms with Crippen LogP contribution in [0.2, 0.25) is 0 Å². The van der Waals surface area contributed by atoms with Gasteiger partial charge in [0.15, 0.2) is 0 Å². The van der Waals surface area contributed by atoms with Crippen molar-refractivity contribution in [3.63, 3.8) is 0 Å². The number of benzene rings is 2. The summed E-state index contributed by atoms with van der Waals surface area (Å²) in [5.41, 5.74) is 1.03. The molecule has 0 bridgehead atoms. The van der Waals surface area contributed by atoms with Crippen molar-refractivity contribution in [1.82, 2.24) is 14.8 Å². The highest BCUT2D eigenvalue weighted by atomic mass is 19.4. The number of carbonyl (C=O) groups is 3. The van der Waals surface area contributed by atoms with Crippen LogP contribution in [0.3, 0.4) is 0 Å². The van der Waals surface area contributed by atoms with Crippen LogP contribution in [0.5, 0.6) is 0 Å². The number of hydrogen-bond acceptors (Lipinski definition) is 5. The number of piperazine rings is 1. The Hall–Kier alpha value is -4.21. The van der Waals surface area contributed by atoms with Gasteiger partial charge in [-0.05, 0) is 42.0 Å². The Kier molecular flexibility index (Phi) is 5.95. The average molecular weight is 494 g/mol. The van der Waals surface area contributed by atoms with E-state index in [2.05, 4.69) is 4.98 Å². The smallest absolute Gasteiger partial charge is 0.353 e. The molecule has 2 aliphatic heterocycles. The van der Waals surface area contributed by atoms with Crippen molar-refractivity contribution in [3.05, 3.63) is 94.7 Å². The number of carbonyl (C=O) groups excluding carboxylic acids is 3. The molecule has 0 saturated carbocycles. The molecular weight excluding hydrogens is 473 g/mol. The maximum Gasteiger partial charge on any atom is 0.417 e. The standard InChI is InChI=1S/C26H21F3N4O3/c27-26(28,29)19-8-9-22(30-15-19)31-10-12-32(13-11-31)23(34)18-5-3-4-17(14-18)16-33-24(35)20-6-1-2-7-21(20)25(33)36/h1-9,14-15H,10-13,16H2. The van der Waals surface area contributed by atoms with Gasteiger partial charge in [-0.2, -0.15) is 13.2 Å². The molecule has 0 aliphatic carbocycles. The summed E-state index contributed by atoms with van der Waals surface area (Å²) in [5, 5.41) is 0. The summed E-state index contributed by atoms with van der Waals surface area (Å²) < 4.78 is 38.3. The number of nitrogens with zero attached hydrogens (tertiary/aromatic N) is 4. The molecule has 0 N–H and O–H groups in total. The minimum absolute atomic E-state index is 0.0564. The molecule has 3 heterocycles. The number of amides is 3. The van der Waals surface area contributed by atoms with Crippen LogP contribution in [0, 0.1) is 0 Å². The summed E-state index contributed by atoms with van der Waals surface area (Å²) in [6.45, 7) is 1.67. The number of imide groups is 1. The minimum atomic E-state index is -4.44. The molecule has 2 aliphatic rings. The van der Waals surface area contributed by atoms with Crippen LogP contribution >= 0.6 is 0 Å². The minimum Gasteiger partial charge on any atom is -0.353 e. The lowest BCUT2D eigenvalue weighted by Crippen LogP contribution is -2.49. The van der Waals surface area contributed by atoms with Gasteiger partial charge in [-0.3, -0.25) is 19.3 Å². The Morgan fingerprint density at radius 3 is 2.11 bits per heavy atom. The quantitative estimate of drug-likeness (QED) is 0.515. The lowest BCUT2D eigenvalue weighted by molar-refractivity contribution is -0.137. The van der Waals surface area contributed by atoms with Gasteiger partial charge in [-0.25, -0.2) is 4.98 Å². The molecule has 3 amide bonds. The van der Waals surface area contributed by atoms with E-state index in [9.17, 15) is 27.6 Å². The van der Waals surface area contributed by atoms with Crippen molar-refractivity contribution in [2.45, 2.75) is 12.7 Å². The van der Waals surface area contributed by atoms with Crippen LogP contribution < -0.4 is 4.90 Å². The van der Waals surface area contributed by atoms with Gasteiger partial charge >= 0.3 is 6.18 Å². The predicted molar refractivity (Wildman–Crippen MR) is 124 cm³/mol. The zero-order chi connectivity index (χ0) is 25.4. The van der Waals surface area contributed by atoms with E-state index < -0.39 is 11.7 Å². The summed E-state index contributed by atoms with van der Waals surface area (Å²) in [4.78, 5) is 47.0. The normalized spacial score (nSPS) is 15.9. The number of halogens is 3. The molecule has 36 heavy (non-hydrogen) atoms. The van der Waals surface area contributed by atoms with E-state index in [1.807, 2.05) is 4.90 Å². The molecule has 1 saturated heterocycles. The van der Waals surface area contributed by atoms with Crippen LogP contribution in [-0.2, 0) is 12.7 Å². The fourth-order valence-electron chi connectivity index (χ4n) is 4.43. The van der Waals surface area contributed by atoms with Crippen LogP contribution in [0.15, 0.2) is 66.9 Å². The van der Waals surface area contributed by atoms with Crippen molar-refractivity contribution >= 4 is 23.5 Å². The number of fused-ring (bicyclic) bond motifs is 1. The first kappa shape index (κ1) is 23.5. The third-order valence-corrected chi connectivity index (χ3v) is 6.36. The molecule has 7 nitrogen and oxygen atoms in total. The van der Waals surface area contributed by atoms with Gasteiger partial charge < -0.3 is 9.80 Å². The SMILES string of the molecule is O=C(c1cccc(CN2C(=O)c3ccccc3C2=O)c1)N1CCN(c2ccc(C(F)(F)F)cn2)CC1. The zero-order valence-electron chi connectivity index (χ0n) is 19.0. The van der Waals surface area contributed by atoms with Crippen LogP contribution in [0.25, 0.3) is 0 Å². The monoisotopic (exact) mass is 494 g/mol. The van der Waals surface area contributed by atoms with Crippen molar-refractivity contribution in [2.24, 2.45) is 0 Å². The molecule has 10 heteroatoms. The zero-order valence-corrected chi connectivity index (χ0v) is 19.0. The van der Waals surface area contributed by atoms with Crippen molar-refractivity contribution in [1.29, 1.82) is 0 Å². The predicted octanol–water partition coefficient (Wildman–Crippen LogP) is 3.86. The first-order valence-corrected chi connectivity index (χ1v) is 11.3. The largest absolute Gasteiger partial charge is 0.417 e. The summed E-state index contributed by atoms with van der Waals surface area (Å²) in [6, 6.07) is 15.8. The van der Waals surface area contributed by atoms with E-state index in [1.54, 1.807) is 53.4 Å². The third kappa shape index (κ3) is 4.41. The molecule has 184 valence electrons. The molecular formula is C26H21F3N4O3. The highest BCUT2D eigenvalue weighted by Gasteiger charge is 2.35. The molecule has 0 unspecified atom stereocenters. The number of pyridine rings is 1. The maximum atomic E-state index is 13.1. The molecule has 1 aromatic heterocycles. The van der Waals surface area contributed by atoms with Gasteiger partial charge in [-0.15, -0.1) is 0 Å². The maximum absolute atomic E-state index is 13.1. The molecule has 0 atom stereocenters. The average Bonchev–Trinajstić information content (AvgIpc) is 3.13. The van der Waals surface area contributed by atoms with E-state index in [4.69, 9.17) is 0 Å².